The van der Waals surface area contributed by atoms with Crippen LogP contribution in [-0.2, 0) is 4.74 Å². The average molecular weight is 391 g/mol. The molecule has 6 nitrogen and oxygen atoms in total. The fraction of sp³-hybridized carbons (Fsp3) is 0.600. The normalized spacial score (nSPS) is 21.4. The first-order valence-corrected chi connectivity index (χ1v) is 10.3. The first-order valence-electron chi connectivity index (χ1n) is 9.46. The summed E-state index contributed by atoms with van der Waals surface area (Å²) in [6.07, 6.45) is 2.20. The third-order valence-electron chi connectivity index (χ3n) is 5.24. The lowest BCUT2D eigenvalue weighted by Crippen LogP contribution is -2.58. The van der Waals surface area contributed by atoms with Crippen LogP contribution in [0, 0.1) is 13.8 Å². The fourth-order valence-electron chi connectivity index (χ4n) is 3.79. The number of thiazole rings is 1. The van der Waals surface area contributed by atoms with Gasteiger partial charge in [-0.05, 0) is 47.6 Å². The van der Waals surface area contributed by atoms with Crippen LogP contribution in [0.15, 0.2) is 17.6 Å². The van der Waals surface area contributed by atoms with E-state index in [0.29, 0.717) is 12.1 Å². The molecular weight excluding hydrogens is 360 g/mol. The summed E-state index contributed by atoms with van der Waals surface area (Å²) < 4.78 is 7.87. The maximum atomic E-state index is 12.9. The number of aryl methyl sites for hydroxylation is 1. The highest BCUT2D eigenvalue weighted by Crippen LogP contribution is 2.23. The molecule has 0 spiro atoms. The second-order valence-electron chi connectivity index (χ2n) is 8.09. The molecule has 3 heterocycles. The molecule has 0 radical (unpaired) electrons. The Morgan fingerprint density at radius 3 is 2.59 bits per heavy atom. The SMILES string of the molecule is Cc1cc(C(=O)NCC(C)(C)N2CC(C)OC(C)C2)c(C)n1-c1nccs1. The maximum Gasteiger partial charge on any atom is 0.253 e. The molecule has 2 atom stereocenters. The molecule has 2 aromatic rings. The zero-order valence-corrected chi connectivity index (χ0v) is 17.9. The first-order chi connectivity index (χ1) is 12.7. The molecule has 0 aliphatic carbocycles. The highest BCUT2D eigenvalue weighted by atomic mass is 32.1. The Balaban J connectivity index is 1.70. The molecule has 148 valence electrons. The van der Waals surface area contributed by atoms with Gasteiger partial charge in [0.2, 0.25) is 0 Å². The van der Waals surface area contributed by atoms with E-state index in [-0.39, 0.29) is 23.7 Å². The largest absolute Gasteiger partial charge is 0.373 e. The van der Waals surface area contributed by atoms with Crippen molar-refractivity contribution >= 4 is 17.2 Å². The zero-order valence-electron chi connectivity index (χ0n) is 17.1. The minimum Gasteiger partial charge on any atom is -0.373 e. The number of nitrogens with one attached hydrogen (secondary N) is 1. The van der Waals surface area contributed by atoms with Gasteiger partial charge in [0.05, 0.1) is 17.8 Å². The van der Waals surface area contributed by atoms with Gasteiger partial charge in [-0.15, -0.1) is 11.3 Å². The molecule has 1 N–H and O–H groups in total. The van der Waals surface area contributed by atoms with Crippen LogP contribution in [0.25, 0.3) is 5.13 Å². The molecule has 0 aromatic carbocycles. The highest BCUT2D eigenvalue weighted by Gasteiger charge is 2.33. The topological polar surface area (TPSA) is 59.4 Å². The van der Waals surface area contributed by atoms with Crippen LogP contribution in [0.5, 0.6) is 0 Å². The van der Waals surface area contributed by atoms with E-state index in [1.165, 1.54) is 0 Å². The number of rotatable bonds is 5. The van der Waals surface area contributed by atoms with Crippen molar-refractivity contribution in [3.63, 3.8) is 0 Å². The van der Waals surface area contributed by atoms with Crippen LogP contribution in [-0.4, -0.2) is 57.7 Å². The molecule has 1 aliphatic heterocycles. The van der Waals surface area contributed by atoms with Crippen LogP contribution in [0.2, 0.25) is 0 Å². The Morgan fingerprint density at radius 2 is 2.00 bits per heavy atom. The third-order valence-corrected chi connectivity index (χ3v) is 6.00. The molecule has 1 fully saturated rings. The van der Waals surface area contributed by atoms with E-state index in [1.807, 2.05) is 29.9 Å². The van der Waals surface area contributed by atoms with Gasteiger partial charge in [-0.1, -0.05) is 0 Å². The molecule has 7 heteroatoms. The van der Waals surface area contributed by atoms with Gasteiger partial charge in [-0.25, -0.2) is 4.98 Å². The van der Waals surface area contributed by atoms with Crippen LogP contribution in [0.1, 0.15) is 49.4 Å². The Hall–Kier alpha value is -1.70. The van der Waals surface area contributed by atoms with Crippen molar-refractivity contribution in [2.24, 2.45) is 0 Å². The number of carbonyl (C=O) groups excluding carboxylic acids is 1. The summed E-state index contributed by atoms with van der Waals surface area (Å²) in [5, 5.41) is 5.98. The van der Waals surface area contributed by atoms with Gasteiger partial charge < -0.3 is 10.1 Å². The van der Waals surface area contributed by atoms with Crippen molar-refractivity contribution in [2.45, 2.75) is 59.3 Å². The quantitative estimate of drug-likeness (QED) is 0.852. The van der Waals surface area contributed by atoms with Crippen LogP contribution in [0.4, 0.5) is 0 Å². The molecule has 2 unspecified atom stereocenters. The molecule has 1 aliphatic rings. The predicted octanol–water partition coefficient (Wildman–Crippen LogP) is 3.17. The van der Waals surface area contributed by atoms with Crippen LogP contribution < -0.4 is 5.32 Å². The van der Waals surface area contributed by atoms with E-state index in [2.05, 4.69) is 42.9 Å². The van der Waals surface area contributed by atoms with Crippen molar-refractivity contribution in [3.8, 4) is 5.13 Å². The number of amides is 1. The van der Waals surface area contributed by atoms with E-state index in [9.17, 15) is 4.79 Å². The van der Waals surface area contributed by atoms with Crippen molar-refractivity contribution < 1.29 is 9.53 Å². The van der Waals surface area contributed by atoms with E-state index < -0.39 is 0 Å². The summed E-state index contributed by atoms with van der Waals surface area (Å²) in [4.78, 5) is 19.7. The number of nitrogens with zero attached hydrogens (tertiary/aromatic N) is 3. The van der Waals surface area contributed by atoms with Gasteiger partial charge in [0, 0.05) is 48.1 Å². The van der Waals surface area contributed by atoms with Crippen molar-refractivity contribution in [3.05, 3.63) is 34.6 Å². The average Bonchev–Trinajstić information content (AvgIpc) is 3.19. The van der Waals surface area contributed by atoms with Gasteiger partial charge >= 0.3 is 0 Å². The lowest BCUT2D eigenvalue weighted by molar-refractivity contribution is -0.0948. The minimum absolute atomic E-state index is 0.0339. The summed E-state index contributed by atoms with van der Waals surface area (Å²) >= 11 is 1.57. The predicted molar refractivity (Wildman–Crippen MR) is 109 cm³/mol. The summed E-state index contributed by atoms with van der Waals surface area (Å²) in [6.45, 7) is 14.9. The minimum atomic E-state index is -0.136. The first kappa shape index (κ1) is 20.0. The number of ether oxygens (including phenoxy) is 1. The summed E-state index contributed by atoms with van der Waals surface area (Å²) in [5.41, 5.74) is 2.51. The number of carbonyl (C=O) groups is 1. The Morgan fingerprint density at radius 1 is 1.33 bits per heavy atom. The van der Waals surface area contributed by atoms with Crippen molar-refractivity contribution in [1.82, 2.24) is 19.8 Å². The molecule has 1 saturated heterocycles. The molecule has 0 bridgehead atoms. The third kappa shape index (κ3) is 4.25. The van der Waals surface area contributed by atoms with Crippen LogP contribution in [0.3, 0.4) is 0 Å². The monoisotopic (exact) mass is 390 g/mol. The van der Waals surface area contributed by atoms with Gasteiger partial charge in [0.1, 0.15) is 0 Å². The number of aromatic nitrogens is 2. The molecular formula is C20H30N4O2S. The summed E-state index contributed by atoms with van der Waals surface area (Å²) in [7, 11) is 0. The highest BCUT2D eigenvalue weighted by molar-refractivity contribution is 7.12. The standard InChI is InChI=1S/C20H30N4O2S/c1-13-9-17(16(4)24(13)19-21-7-8-27-19)18(25)22-12-20(5,6)23-10-14(2)26-15(3)11-23/h7-9,14-15H,10-12H2,1-6H3,(H,22,25). The van der Waals surface area contributed by atoms with Crippen molar-refractivity contribution in [2.75, 3.05) is 19.6 Å². The fourth-order valence-corrected chi connectivity index (χ4v) is 4.54. The van der Waals surface area contributed by atoms with Gasteiger partial charge in [0.25, 0.3) is 5.91 Å². The van der Waals surface area contributed by atoms with Gasteiger partial charge in [-0.3, -0.25) is 14.3 Å². The number of hydrogen-bond acceptors (Lipinski definition) is 5. The van der Waals surface area contributed by atoms with E-state index >= 15 is 0 Å². The second-order valence-corrected chi connectivity index (χ2v) is 8.97. The van der Waals surface area contributed by atoms with Crippen LogP contribution >= 0.6 is 11.3 Å². The number of morpholine rings is 1. The maximum absolute atomic E-state index is 12.9. The number of hydrogen-bond donors (Lipinski definition) is 1. The smallest absolute Gasteiger partial charge is 0.253 e. The van der Waals surface area contributed by atoms with Gasteiger partial charge in [-0.2, -0.15) is 0 Å². The van der Waals surface area contributed by atoms with E-state index in [1.54, 1.807) is 17.5 Å². The Bertz CT molecular complexity index is 787. The van der Waals surface area contributed by atoms with E-state index in [4.69, 9.17) is 4.74 Å². The Labute approximate surface area is 165 Å². The molecule has 2 aromatic heterocycles. The van der Waals surface area contributed by atoms with Gasteiger partial charge in [0.15, 0.2) is 5.13 Å². The second kappa shape index (κ2) is 7.73. The molecule has 0 saturated carbocycles. The molecule has 3 rings (SSSR count). The summed E-state index contributed by atoms with van der Waals surface area (Å²) in [6, 6.07) is 1.94. The lowest BCUT2D eigenvalue weighted by atomic mass is 10.00. The van der Waals surface area contributed by atoms with Crippen molar-refractivity contribution in [1.29, 1.82) is 0 Å². The molecule has 1 amide bonds. The lowest BCUT2D eigenvalue weighted by Gasteiger charge is -2.45. The van der Waals surface area contributed by atoms with E-state index in [0.717, 1.165) is 29.6 Å². The summed E-state index contributed by atoms with van der Waals surface area (Å²) in [5.74, 6) is -0.0339. The zero-order chi connectivity index (χ0) is 19.8. The molecule has 27 heavy (non-hydrogen) atoms. The Kier molecular flexibility index (Phi) is 5.74.